The van der Waals surface area contributed by atoms with Crippen LogP contribution in [0, 0.1) is 0 Å². The van der Waals surface area contributed by atoms with Crippen molar-refractivity contribution in [2.24, 2.45) is 0 Å². The lowest BCUT2D eigenvalue weighted by atomic mass is 9.94. The van der Waals surface area contributed by atoms with Crippen molar-refractivity contribution in [2.45, 2.75) is 159 Å². The minimum absolute atomic E-state index is 0.133. The van der Waals surface area contributed by atoms with E-state index in [0.717, 1.165) is 84.5 Å². The Kier molecular flexibility index (Phi) is 18.9. The van der Waals surface area contributed by atoms with Crippen molar-refractivity contribution in [3.8, 4) is 23.0 Å². The molecule has 8 atom stereocenters. The van der Waals surface area contributed by atoms with Crippen molar-refractivity contribution in [1.82, 2.24) is 5.32 Å². The number of ether oxygens (including phenoxy) is 14. The second-order valence-electron chi connectivity index (χ2n) is 20.0. The quantitative estimate of drug-likeness (QED) is 0.0348. The predicted octanol–water partition coefficient (Wildman–Crippen LogP) is 11.0. The first-order chi connectivity index (χ1) is 36.1. The first-order valence-electron chi connectivity index (χ1n) is 27.3. The molecule has 5 aliphatic heterocycles. The van der Waals surface area contributed by atoms with Crippen LogP contribution in [0.4, 0.5) is 0 Å². The fraction of sp³-hybridized carbons (Fsp3) is 0.593. The summed E-state index contributed by atoms with van der Waals surface area (Å²) in [5, 5.41) is 3.93. The zero-order valence-electron chi connectivity index (χ0n) is 44.3. The minimum atomic E-state index is -1.67. The van der Waals surface area contributed by atoms with Gasteiger partial charge < -0.3 is 66.3 Å². The number of nitrogens with one attached hydrogen (secondary N) is 1. The van der Waals surface area contributed by atoms with Gasteiger partial charge in [0.25, 0.3) is 0 Å². The molecule has 8 unspecified atom stereocenters. The molecule has 9 rings (SSSR count). The molecule has 404 valence electrons. The Labute approximate surface area is 437 Å². The topological polar surface area (TPSA) is 154 Å². The third-order valence-corrected chi connectivity index (χ3v) is 13.7. The van der Waals surface area contributed by atoms with Crippen LogP contribution in [0.5, 0.6) is 23.0 Å². The van der Waals surface area contributed by atoms with Crippen LogP contribution in [-0.4, -0.2) is 108 Å². The summed E-state index contributed by atoms with van der Waals surface area (Å²) in [6.45, 7) is 18.4. The lowest BCUT2D eigenvalue weighted by Crippen LogP contribution is -2.73. The highest BCUT2D eigenvalue weighted by atomic mass is 16.8. The first-order valence-corrected chi connectivity index (χ1v) is 27.3. The minimum Gasteiger partial charge on any atom is -0.491 e. The second-order valence-corrected chi connectivity index (χ2v) is 20.0. The first kappa shape index (κ1) is 54.4. The monoisotopic (exact) mass is 1030 g/mol. The van der Waals surface area contributed by atoms with Gasteiger partial charge in [0.1, 0.15) is 73.8 Å². The molecule has 15 heteroatoms. The van der Waals surface area contributed by atoms with Crippen LogP contribution in [-0.2, 0) is 47.4 Å². The summed E-state index contributed by atoms with van der Waals surface area (Å²) in [4.78, 5) is 0. The van der Waals surface area contributed by atoms with E-state index < -0.39 is 42.0 Å². The van der Waals surface area contributed by atoms with Crippen molar-refractivity contribution < 1.29 is 66.3 Å². The highest BCUT2D eigenvalue weighted by Crippen LogP contribution is 2.50. The van der Waals surface area contributed by atoms with Crippen LogP contribution in [0.3, 0.4) is 0 Å². The van der Waals surface area contributed by atoms with Crippen LogP contribution in [0.2, 0.25) is 0 Å². The van der Waals surface area contributed by atoms with E-state index in [-0.39, 0.29) is 37.3 Å². The van der Waals surface area contributed by atoms with Gasteiger partial charge in [-0.1, -0.05) is 90.1 Å². The summed E-state index contributed by atoms with van der Waals surface area (Å²) in [6, 6.07) is 32.3. The van der Waals surface area contributed by atoms with Gasteiger partial charge in [-0.25, -0.2) is 5.32 Å². The zero-order valence-corrected chi connectivity index (χ0v) is 44.3. The Morgan fingerprint density at radius 2 is 0.649 bits per heavy atom. The van der Waals surface area contributed by atoms with E-state index in [1.807, 2.05) is 48.5 Å². The maximum atomic E-state index is 7.65. The molecule has 0 aliphatic carbocycles. The SMILES string of the molecule is CCCOC1(OCCC)CC(OC(CC)c2ccc(OCC3CO3)cc2)(OC(CC)c2ccc(OCC3CO3)cc2)NC(OC(CC)c2ccc(OCC3CO3)cc2)(OC(CC)c2ccc(OCC3CO3)cc2)C1. The second kappa shape index (κ2) is 25.7. The summed E-state index contributed by atoms with van der Waals surface area (Å²) in [7, 11) is 0. The van der Waals surface area contributed by atoms with Gasteiger partial charge in [-0.3, -0.25) is 0 Å². The Morgan fingerprint density at radius 3 is 0.851 bits per heavy atom. The van der Waals surface area contributed by atoms with E-state index in [4.69, 9.17) is 66.3 Å². The molecule has 1 N–H and O–H groups in total. The molecule has 5 fully saturated rings. The van der Waals surface area contributed by atoms with Gasteiger partial charge in [0.2, 0.25) is 11.8 Å². The van der Waals surface area contributed by atoms with E-state index in [1.165, 1.54) is 0 Å². The maximum Gasteiger partial charge on any atom is 0.237 e. The molecule has 0 spiro atoms. The molecule has 74 heavy (non-hydrogen) atoms. The van der Waals surface area contributed by atoms with Gasteiger partial charge in [-0.2, -0.15) is 0 Å². The number of epoxide rings is 4. The molecule has 4 aromatic rings. The number of hydrogen-bond acceptors (Lipinski definition) is 15. The average molecular weight is 1030 g/mol. The normalized spacial score (nSPS) is 26.1. The van der Waals surface area contributed by atoms with Crippen molar-refractivity contribution >= 4 is 0 Å². The molecule has 4 aromatic carbocycles. The van der Waals surface area contributed by atoms with Gasteiger partial charge in [0, 0.05) is 13.2 Å². The van der Waals surface area contributed by atoms with E-state index >= 15 is 0 Å². The molecule has 5 saturated heterocycles. The van der Waals surface area contributed by atoms with E-state index in [1.54, 1.807) is 0 Å². The van der Waals surface area contributed by atoms with Gasteiger partial charge >= 0.3 is 0 Å². The zero-order chi connectivity index (χ0) is 51.4. The molecule has 0 aromatic heterocycles. The highest BCUT2D eigenvalue weighted by molar-refractivity contribution is 5.32. The number of benzene rings is 4. The summed E-state index contributed by atoms with van der Waals surface area (Å²) in [6.07, 6.45) is 2.74. The molecular formula is C59H79NO14. The van der Waals surface area contributed by atoms with Crippen LogP contribution in [0.15, 0.2) is 97.1 Å². The Bertz CT molecular complexity index is 1980. The molecular weight excluding hydrogens is 947 g/mol. The summed E-state index contributed by atoms with van der Waals surface area (Å²) in [5.74, 6) is -1.63. The van der Waals surface area contributed by atoms with Crippen molar-refractivity contribution in [3.63, 3.8) is 0 Å². The molecule has 5 heterocycles. The molecule has 0 amide bonds. The Hall–Kier alpha value is -4.36. The number of hydrogen-bond donors (Lipinski definition) is 1. The van der Waals surface area contributed by atoms with E-state index in [0.29, 0.717) is 65.3 Å². The van der Waals surface area contributed by atoms with Crippen molar-refractivity contribution in [1.29, 1.82) is 0 Å². The lowest BCUT2D eigenvalue weighted by Gasteiger charge is -2.56. The number of rotatable bonds is 34. The smallest absolute Gasteiger partial charge is 0.237 e. The molecule has 0 radical (unpaired) electrons. The average Bonchev–Trinajstić information content (AvgIpc) is 4.20. The van der Waals surface area contributed by atoms with Crippen molar-refractivity contribution in [3.05, 3.63) is 119 Å². The van der Waals surface area contributed by atoms with Crippen molar-refractivity contribution in [2.75, 3.05) is 66.1 Å². The van der Waals surface area contributed by atoms with Crippen LogP contribution in [0.25, 0.3) is 0 Å². The highest BCUT2D eigenvalue weighted by Gasteiger charge is 2.62. The van der Waals surface area contributed by atoms with Gasteiger partial charge in [-0.05, 0) is 109 Å². The lowest BCUT2D eigenvalue weighted by molar-refractivity contribution is -0.448. The molecule has 5 aliphatic rings. The summed E-state index contributed by atoms with van der Waals surface area (Å²) < 4.78 is 90.7. The van der Waals surface area contributed by atoms with Crippen LogP contribution >= 0.6 is 0 Å². The number of piperidine rings is 1. The Morgan fingerprint density at radius 1 is 0.405 bits per heavy atom. The third kappa shape index (κ3) is 15.4. The Balaban J connectivity index is 1.14. The summed E-state index contributed by atoms with van der Waals surface area (Å²) in [5.41, 5.74) is 3.77. The van der Waals surface area contributed by atoms with Gasteiger partial charge in [0.15, 0.2) is 5.79 Å². The van der Waals surface area contributed by atoms with E-state index in [2.05, 4.69) is 95.4 Å². The fourth-order valence-electron chi connectivity index (χ4n) is 9.31. The maximum absolute atomic E-state index is 7.65. The van der Waals surface area contributed by atoms with Gasteiger partial charge in [-0.15, -0.1) is 0 Å². The molecule has 0 saturated carbocycles. The van der Waals surface area contributed by atoms with Crippen LogP contribution in [0.1, 0.15) is 140 Å². The van der Waals surface area contributed by atoms with Crippen LogP contribution < -0.4 is 24.3 Å². The standard InChI is InChI=1S/C59H79NO14/c1-7-29-69-57(70-30-8-2)39-58(71-53(9-3)41-13-21-45(22-14-41)61-31-49-35-65-49,72-54(10-4)42-15-23-46(24-16-42)62-32-50-36-66-50)60-59(40-57,73-55(11-5)43-17-25-47(26-18-43)63-33-51-37-67-51)74-56(12-6)44-19-27-48(28-20-44)64-34-52-38-68-52/h13-28,49-56,60H,7-12,29-40H2,1-6H3. The van der Waals surface area contributed by atoms with E-state index in [9.17, 15) is 0 Å². The van der Waals surface area contributed by atoms with Gasteiger partial charge in [0.05, 0.1) is 63.7 Å². The summed E-state index contributed by atoms with van der Waals surface area (Å²) >= 11 is 0. The largest absolute Gasteiger partial charge is 0.491 e. The third-order valence-electron chi connectivity index (χ3n) is 13.7. The molecule has 0 bridgehead atoms. The fourth-order valence-corrected chi connectivity index (χ4v) is 9.31. The molecule has 15 nitrogen and oxygen atoms in total. The predicted molar refractivity (Wildman–Crippen MR) is 276 cm³/mol.